The maximum Gasteiger partial charge on any atom is 0.317 e. The second-order valence-corrected chi connectivity index (χ2v) is 3.68. The first-order valence-electron chi connectivity index (χ1n) is 3.62. The molecule has 0 aliphatic carbocycles. The lowest BCUT2D eigenvalue weighted by molar-refractivity contribution is -0.135. The molecular weight excluding hydrogens is 162 g/mol. The summed E-state index contributed by atoms with van der Waals surface area (Å²) in [6.45, 7) is 2.99. The third kappa shape index (κ3) is 7.68. The first kappa shape index (κ1) is 10.8. The summed E-state index contributed by atoms with van der Waals surface area (Å²) >= 11 is 1.80. The van der Waals surface area contributed by atoms with E-state index < -0.39 is 5.97 Å². The van der Waals surface area contributed by atoms with Gasteiger partial charge in [0.15, 0.2) is 0 Å². The van der Waals surface area contributed by atoms with Gasteiger partial charge in [0.25, 0.3) is 0 Å². The van der Waals surface area contributed by atoms with E-state index in [1.807, 2.05) is 0 Å². The zero-order chi connectivity index (χ0) is 8.69. The van der Waals surface area contributed by atoms with E-state index in [0.29, 0.717) is 5.25 Å². The highest BCUT2D eigenvalue weighted by Crippen LogP contribution is 2.07. The van der Waals surface area contributed by atoms with Crippen LogP contribution in [0.5, 0.6) is 0 Å². The Morgan fingerprint density at radius 3 is 2.82 bits per heavy atom. The van der Waals surface area contributed by atoms with Crippen molar-refractivity contribution < 1.29 is 9.90 Å². The number of hydrogen-bond donors (Lipinski definition) is 2. The molecule has 11 heavy (non-hydrogen) atoms. The Hall–Kier alpha value is -0.220. The third-order valence-electron chi connectivity index (χ3n) is 1.41. The highest BCUT2D eigenvalue weighted by molar-refractivity contribution is 7.99. The molecule has 3 nitrogen and oxygen atoms in total. The molecule has 0 aliphatic heterocycles. The van der Waals surface area contributed by atoms with Crippen molar-refractivity contribution in [2.45, 2.75) is 18.6 Å². The number of carbonyl (C=O) groups is 1. The molecule has 0 aromatic rings. The highest BCUT2D eigenvalue weighted by atomic mass is 32.2. The summed E-state index contributed by atoms with van der Waals surface area (Å²) in [4.78, 5) is 10.0. The van der Waals surface area contributed by atoms with Gasteiger partial charge in [0.05, 0.1) is 6.54 Å². The van der Waals surface area contributed by atoms with Crippen LogP contribution in [-0.2, 0) is 4.79 Å². The lowest BCUT2D eigenvalue weighted by Crippen LogP contribution is -2.24. The molecule has 0 saturated heterocycles. The molecule has 0 fully saturated rings. The summed E-state index contributed by atoms with van der Waals surface area (Å²) in [5, 5.41) is 11.7. The number of carboxylic acids is 1. The quantitative estimate of drug-likeness (QED) is 0.589. The van der Waals surface area contributed by atoms with E-state index in [4.69, 9.17) is 5.11 Å². The minimum atomic E-state index is -0.790. The van der Waals surface area contributed by atoms with Crippen LogP contribution in [0.1, 0.15) is 13.3 Å². The average Bonchev–Trinajstić information content (AvgIpc) is 1.97. The van der Waals surface area contributed by atoms with Gasteiger partial charge in [-0.25, -0.2) is 0 Å². The minimum absolute atomic E-state index is 0.0705. The Morgan fingerprint density at radius 2 is 2.36 bits per heavy atom. The number of carboxylic acid groups (broad SMARTS) is 1. The fourth-order valence-corrected chi connectivity index (χ4v) is 0.972. The molecule has 0 saturated carbocycles. The zero-order valence-electron chi connectivity index (χ0n) is 6.96. The number of thioether (sulfide) groups is 1. The van der Waals surface area contributed by atoms with Gasteiger partial charge in [-0.2, -0.15) is 11.8 Å². The Bertz CT molecular complexity index is 119. The SMILES string of the molecule is CSC(C)CCNCC(=O)O. The van der Waals surface area contributed by atoms with Crippen LogP contribution in [0.3, 0.4) is 0 Å². The van der Waals surface area contributed by atoms with Crippen molar-refractivity contribution in [2.75, 3.05) is 19.3 Å². The van der Waals surface area contributed by atoms with Crippen molar-refractivity contribution in [2.24, 2.45) is 0 Å². The smallest absolute Gasteiger partial charge is 0.317 e. The largest absolute Gasteiger partial charge is 0.480 e. The summed E-state index contributed by atoms with van der Waals surface area (Å²) in [6.07, 6.45) is 3.08. The van der Waals surface area contributed by atoms with Gasteiger partial charge in [0.2, 0.25) is 0 Å². The van der Waals surface area contributed by atoms with E-state index in [-0.39, 0.29) is 6.54 Å². The van der Waals surface area contributed by atoms with Crippen LogP contribution in [0.2, 0.25) is 0 Å². The van der Waals surface area contributed by atoms with E-state index in [1.165, 1.54) is 0 Å². The number of hydrogen-bond acceptors (Lipinski definition) is 3. The number of rotatable bonds is 6. The van der Waals surface area contributed by atoms with Gasteiger partial charge in [-0.1, -0.05) is 6.92 Å². The summed E-state index contributed by atoms with van der Waals surface area (Å²) in [5.41, 5.74) is 0. The molecule has 0 amide bonds. The van der Waals surface area contributed by atoms with Crippen molar-refractivity contribution in [3.63, 3.8) is 0 Å². The van der Waals surface area contributed by atoms with E-state index in [9.17, 15) is 4.79 Å². The van der Waals surface area contributed by atoms with Crippen molar-refractivity contribution in [3.8, 4) is 0 Å². The second-order valence-electron chi connectivity index (χ2n) is 2.41. The van der Waals surface area contributed by atoms with Crippen LogP contribution in [-0.4, -0.2) is 35.7 Å². The molecule has 0 bridgehead atoms. The molecule has 0 aliphatic rings. The molecule has 4 heteroatoms. The zero-order valence-corrected chi connectivity index (χ0v) is 7.78. The van der Waals surface area contributed by atoms with Gasteiger partial charge in [-0.3, -0.25) is 4.79 Å². The molecule has 0 spiro atoms. The van der Waals surface area contributed by atoms with E-state index in [0.717, 1.165) is 13.0 Å². The summed E-state index contributed by atoms with van der Waals surface area (Å²) in [5.74, 6) is -0.790. The summed E-state index contributed by atoms with van der Waals surface area (Å²) < 4.78 is 0. The standard InChI is InChI=1S/C7H15NO2S/c1-6(11-2)3-4-8-5-7(9)10/h6,8H,3-5H2,1-2H3,(H,9,10). The highest BCUT2D eigenvalue weighted by Gasteiger charge is 1.99. The third-order valence-corrected chi connectivity index (χ3v) is 2.45. The van der Waals surface area contributed by atoms with Crippen molar-refractivity contribution >= 4 is 17.7 Å². The lowest BCUT2D eigenvalue weighted by Gasteiger charge is -2.06. The van der Waals surface area contributed by atoms with Crippen LogP contribution >= 0.6 is 11.8 Å². The van der Waals surface area contributed by atoms with Crippen molar-refractivity contribution in [1.82, 2.24) is 5.32 Å². The molecule has 2 N–H and O–H groups in total. The van der Waals surface area contributed by atoms with Crippen molar-refractivity contribution in [1.29, 1.82) is 0 Å². The van der Waals surface area contributed by atoms with E-state index in [2.05, 4.69) is 18.5 Å². The van der Waals surface area contributed by atoms with Crippen LogP contribution in [0.25, 0.3) is 0 Å². The van der Waals surface area contributed by atoms with Crippen LogP contribution in [0.4, 0.5) is 0 Å². The molecule has 0 radical (unpaired) electrons. The Morgan fingerprint density at radius 1 is 1.73 bits per heavy atom. The van der Waals surface area contributed by atoms with Crippen molar-refractivity contribution in [3.05, 3.63) is 0 Å². The van der Waals surface area contributed by atoms with Gasteiger partial charge in [-0.15, -0.1) is 0 Å². The molecule has 0 heterocycles. The lowest BCUT2D eigenvalue weighted by atomic mass is 10.3. The maximum atomic E-state index is 10.0. The Labute approximate surface area is 71.6 Å². The second kappa shape index (κ2) is 6.49. The summed E-state index contributed by atoms with van der Waals surface area (Å²) in [7, 11) is 0. The van der Waals surface area contributed by atoms with E-state index >= 15 is 0 Å². The van der Waals surface area contributed by atoms with Gasteiger partial charge in [0.1, 0.15) is 0 Å². The molecule has 0 aromatic heterocycles. The Balaban J connectivity index is 3.08. The normalized spacial score (nSPS) is 12.9. The molecule has 1 atom stereocenters. The monoisotopic (exact) mass is 177 g/mol. The maximum absolute atomic E-state index is 10.0. The topological polar surface area (TPSA) is 49.3 Å². The average molecular weight is 177 g/mol. The fourth-order valence-electron chi connectivity index (χ4n) is 0.618. The predicted molar refractivity (Wildman–Crippen MR) is 48.1 cm³/mol. The minimum Gasteiger partial charge on any atom is -0.480 e. The molecular formula is C7H15NO2S. The number of aliphatic carboxylic acids is 1. The van der Waals surface area contributed by atoms with Crippen LogP contribution in [0, 0.1) is 0 Å². The van der Waals surface area contributed by atoms with Gasteiger partial charge >= 0.3 is 5.97 Å². The Kier molecular flexibility index (Phi) is 6.36. The first-order chi connectivity index (χ1) is 5.16. The number of nitrogens with one attached hydrogen (secondary N) is 1. The van der Waals surface area contributed by atoms with Gasteiger partial charge in [0, 0.05) is 5.25 Å². The van der Waals surface area contributed by atoms with Crippen LogP contribution < -0.4 is 5.32 Å². The van der Waals surface area contributed by atoms with E-state index in [1.54, 1.807) is 11.8 Å². The van der Waals surface area contributed by atoms with Gasteiger partial charge in [-0.05, 0) is 19.2 Å². The van der Waals surface area contributed by atoms with Gasteiger partial charge < -0.3 is 10.4 Å². The molecule has 1 unspecified atom stereocenters. The fraction of sp³-hybridized carbons (Fsp3) is 0.857. The molecule has 0 rings (SSSR count). The summed E-state index contributed by atoms with van der Waals surface area (Å²) in [6, 6.07) is 0. The molecule has 66 valence electrons. The predicted octanol–water partition coefficient (Wildman–Crippen LogP) is 0.802. The first-order valence-corrected chi connectivity index (χ1v) is 4.91. The van der Waals surface area contributed by atoms with Crippen LogP contribution in [0.15, 0.2) is 0 Å². The molecule has 0 aromatic carbocycles.